The average Bonchev–Trinajstić information content (AvgIpc) is 3.37. The van der Waals surface area contributed by atoms with Crippen molar-refractivity contribution >= 4 is 22.9 Å². The molecule has 29 heavy (non-hydrogen) atoms. The molecule has 0 saturated heterocycles. The van der Waals surface area contributed by atoms with E-state index in [1.807, 2.05) is 13.8 Å². The van der Waals surface area contributed by atoms with Crippen molar-refractivity contribution in [3.63, 3.8) is 0 Å². The predicted octanol–water partition coefficient (Wildman–Crippen LogP) is 3.65. The minimum Gasteiger partial charge on any atom is -0.481 e. The Hall–Kier alpha value is -3.16. The van der Waals surface area contributed by atoms with Crippen molar-refractivity contribution in [1.29, 1.82) is 0 Å². The molecular weight excluding hydrogens is 372 g/mol. The molecule has 1 saturated carbocycles. The minimum absolute atomic E-state index is 0.0338. The van der Waals surface area contributed by atoms with E-state index in [0.717, 1.165) is 0 Å². The van der Waals surface area contributed by atoms with Gasteiger partial charge in [-0.2, -0.15) is 5.10 Å². The van der Waals surface area contributed by atoms with Gasteiger partial charge in [0.05, 0.1) is 29.3 Å². The van der Waals surface area contributed by atoms with Gasteiger partial charge in [-0.3, -0.25) is 9.59 Å². The first kappa shape index (κ1) is 19.2. The van der Waals surface area contributed by atoms with Crippen LogP contribution in [0.3, 0.4) is 0 Å². The maximum atomic E-state index is 13.1. The monoisotopic (exact) mass is 396 g/mol. The molecule has 1 aliphatic rings. The van der Waals surface area contributed by atoms with Gasteiger partial charge in [-0.05, 0) is 57.7 Å². The van der Waals surface area contributed by atoms with Crippen molar-refractivity contribution < 1.29 is 19.1 Å². The molecule has 8 heteroatoms. The molecule has 1 aliphatic carbocycles. The van der Waals surface area contributed by atoms with Crippen LogP contribution in [-0.2, 0) is 4.79 Å². The highest BCUT2D eigenvalue weighted by atomic mass is 16.4. The Morgan fingerprint density at radius 2 is 2.03 bits per heavy atom. The number of hydrogen-bond donors (Lipinski definition) is 2. The van der Waals surface area contributed by atoms with Crippen LogP contribution in [0.4, 0.5) is 0 Å². The fourth-order valence-electron chi connectivity index (χ4n) is 3.88. The molecule has 0 aliphatic heterocycles. The number of fused-ring (bicyclic) bond motifs is 1. The number of amides is 1. The highest BCUT2D eigenvalue weighted by Gasteiger charge is 2.28. The van der Waals surface area contributed by atoms with Gasteiger partial charge in [0, 0.05) is 12.1 Å². The zero-order chi connectivity index (χ0) is 20.5. The molecule has 0 unspecified atom stereocenters. The number of aliphatic carboxylic acids is 1. The zero-order valence-electron chi connectivity index (χ0n) is 16.5. The summed E-state index contributed by atoms with van der Waals surface area (Å²) < 4.78 is 7.27. The Kier molecular flexibility index (Phi) is 5.08. The first-order chi connectivity index (χ1) is 13.9. The van der Waals surface area contributed by atoms with E-state index in [4.69, 9.17) is 9.52 Å². The van der Waals surface area contributed by atoms with Crippen LogP contribution in [0.15, 0.2) is 35.1 Å². The SMILES string of the molecule is CC(C)n1ncc2c(C(=O)NC3CCC(C(=O)O)CC3)cc(-c3ccco3)nc21. The van der Waals surface area contributed by atoms with Crippen LogP contribution < -0.4 is 5.32 Å². The molecule has 3 aromatic rings. The van der Waals surface area contributed by atoms with E-state index < -0.39 is 5.97 Å². The van der Waals surface area contributed by atoms with Gasteiger partial charge in [-0.25, -0.2) is 9.67 Å². The standard InChI is InChI=1S/C21H24N4O4/c1-12(2)25-19-16(11-22-25)15(10-17(24-19)18-4-3-9-29-18)20(26)23-14-7-5-13(6-8-14)21(27)28/h3-4,9-14H,5-8H2,1-2H3,(H,23,26)(H,27,28). The summed E-state index contributed by atoms with van der Waals surface area (Å²) in [7, 11) is 0. The van der Waals surface area contributed by atoms with Crippen molar-refractivity contribution in [2.24, 2.45) is 5.92 Å². The molecule has 0 spiro atoms. The second kappa shape index (κ2) is 7.69. The summed E-state index contributed by atoms with van der Waals surface area (Å²) in [5.41, 5.74) is 1.70. The number of carboxylic acid groups (broad SMARTS) is 1. The third-order valence-corrected chi connectivity index (χ3v) is 5.49. The van der Waals surface area contributed by atoms with E-state index in [0.29, 0.717) is 53.7 Å². The number of pyridine rings is 1. The molecule has 2 N–H and O–H groups in total. The molecule has 4 rings (SSSR count). The second-order valence-electron chi connectivity index (χ2n) is 7.81. The molecule has 0 radical (unpaired) electrons. The van der Waals surface area contributed by atoms with Crippen molar-refractivity contribution in [3.05, 3.63) is 36.2 Å². The van der Waals surface area contributed by atoms with Crippen LogP contribution in [0, 0.1) is 5.92 Å². The molecule has 0 aromatic carbocycles. The summed E-state index contributed by atoms with van der Waals surface area (Å²) in [5.74, 6) is -0.688. The lowest BCUT2D eigenvalue weighted by Gasteiger charge is -2.27. The van der Waals surface area contributed by atoms with Crippen LogP contribution in [0.2, 0.25) is 0 Å². The molecule has 152 valence electrons. The third-order valence-electron chi connectivity index (χ3n) is 5.49. The molecular formula is C21H24N4O4. The zero-order valence-corrected chi connectivity index (χ0v) is 16.5. The minimum atomic E-state index is -0.755. The summed E-state index contributed by atoms with van der Waals surface area (Å²) in [6.45, 7) is 4.02. The van der Waals surface area contributed by atoms with E-state index in [-0.39, 0.29) is 23.9 Å². The Bertz CT molecular complexity index is 1030. The smallest absolute Gasteiger partial charge is 0.306 e. The van der Waals surface area contributed by atoms with Crippen molar-refractivity contribution in [2.45, 2.75) is 51.6 Å². The number of nitrogens with one attached hydrogen (secondary N) is 1. The van der Waals surface area contributed by atoms with Crippen LogP contribution in [0.5, 0.6) is 0 Å². The number of carbonyl (C=O) groups excluding carboxylic acids is 1. The van der Waals surface area contributed by atoms with Crippen molar-refractivity contribution in [3.8, 4) is 11.5 Å². The number of carboxylic acids is 1. The van der Waals surface area contributed by atoms with Crippen molar-refractivity contribution in [2.75, 3.05) is 0 Å². The average molecular weight is 396 g/mol. The van der Waals surface area contributed by atoms with E-state index in [2.05, 4.69) is 15.4 Å². The van der Waals surface area contributed by atoms with Crippen molar-refractivity contribution in [1.82, 2.24) is 20.1 Å². The van der Waals surface area contributed by atoms with Gasteiger partial charge >= 0.3 is 5.97 Å². The maximum Gasteiger partial charge on any atom is 0.306 e. The summed E-state index contributed by atoms with van der Waals surface area (Å²) in [6.07, 6.45) is 5.72. The predicted molar refractivity (Wildman–Crippen MR) is 106 cm³/mol. The van der Waals surface area contributed by atoms with E-state index >= 15 is 0 Å². The van der Waals surface area contributed by atoms with Gasteiger partial charge in [-0.15, -0.1) is 0 Å². The molecule has 3 heterocycles. The van der Waals surface area contributed by atoms with Gasteiger partial charge in [0.1, 0.15) is 5.69 Å². The van der Waals surface area contributed by atoms with Gasteiger partial charge in [0.25, 0.3) is 5.91 Å². The van der Waals surface area contributed by atoms with Gasteiger partial charge in [-0.1, -0.05) is 0 Å². The van der Waals surface area contributed by atoms with Gasteiger partial charge in [0.2, 0.25) is 0 Å². The molecule has 1 amide bonds. The first-order valence-corrected chi connectivity index (χ1v) is 9.90. The summed E-state index contributed by atoms with van der Waals surface area (Å²) >= 11 is 0. The first-order valence-electron chi connectivity index (χ1n) is 9.90. The summed E-state index contributed by atoms with van der Waals surface area (Å²) in [6, 6.07) is 5.37. The number of hydrogen-bond acceptors (Lipinski definition) is 5. The maximum absolute atomic E-state index is 13.1. The largest absolute Gasteiger partial charge is 0.481 e. The fraction of sp³-hybridized carbons (Fsp3) is 0.429. The Morgan fingerprint density at radius 3 is 2.66 bits per heavy atom. The van der Waals surface area contributed by atoms with E-state index in [1.165, 1.54) is 0 Å². The fourth-order valence-corrected chi connectivity index (χ4v) is 3.88. The molecule has 0 bridgehead atoms. The summed E-state index contributed by atoms with van der Waals surface area (Å²) in [5, 5.41) is 17.3. The molecule has 0 atom stereocenters. The van der Waals surface area contributed by atoms with E-state index in [9.17, 15) is 9.59 Å². The number of rotatable bonds is 5. The highest BCUT2D eigenvalue weighted by molar-refractivity contribution is 6.06. The lowest BCUT2D eigenvalue weighted by molar-refractivity contribution is -0.142. The highest BCUT2D eigenvalue weighted by Crippen LogP contribution is 2.28. The van der Waals surface area contributed by atoms with Crippen LogP contribution in [0.1, 0.15) is 55.9 Å². The Morgan fingerprint density at radius 1 is 1.28 bits per heavy atom. The lowest BCUT2D eigenvalue weighted by Crippen LogP contribution is -2.38. The number of aromatic nitrogens is 3. The Balaban J connectivity index is 1.65. The number of nitrogens with zero attached hydrogens (tertiary/aromatic N) is 3. The molecule has 8 nitrogen and oxygen atoms in total. The topological polar surface area (TPSA) is 110 Å². The van der Waals surface area contributed by atoms with Gasteiger partial charge < -0.3 is 14.8 Å². The second-order valence-corrected chi connectivity index (χ2v) is 7.81. The van der Waals surface area contributed by atoms with Crippen LogP contribution in [0.25, 0.3) is 22.5 Å². The van der Waals surface area contributed by atoms with Crippen LogP contribution >= 0.6 is 0 Å². The van der Waals surface area contributed by atoms with Gasteiger partial charge in [0.15, 0.2) is 11.4 Å². The summed E-state index contributed by atoms with van der Waals surface area (Å²) in [4.78, 5) is 28.9. The quantitative estimate of drug-likeness (QED) is 0.681. The lowest BCUT2D eigenvalue weighted by atomic mass is 9.86. The molecule has 1 fully saturated rings. The molecule has 3 aromatic heterocycles. The number of furan rings is 1. The van der Waals surface area contributed by atoms with E-state index in [1.54, 1.807) is 35.3 Å². The normalized spacial score (nSPS) is 19.6. The van der Waals surface area contributed by atoms with Crippen LogP contribution in [-0.4, -0.2) is 37.8 Å². The number of carbonyl (C=O) groups is 2. The third kappa shape index (κ3) is 3.74. The Labute approximate surface area is 167 Å².